The first-order chi connectivity index (χ1) is 5.33. The molecule has 0 bridgehead atoms. The largest absolute Gasteiger partial charge is 0.394 e. The van der Waals surface area contributed by atoms with Crippen molar-refractivity contribution in [1.82, 2.24) is 0 Å². The summed E-state index contributed by atoms with van der Waals surface area (Å²) < 4.78 is 5.01. The molecule has 0 fully saturated rings. The minimum Gasteiger partial charge on any atom is -0.394 e. The van der Waals surface area contributed by atoms with Gasteiger partial charge in [-0.1, -0.05) is 13.0 Å². The maximum Gasteiger partial charge on any atom is 0.0662 e. The Hall–Kier alpha value is -0.380. The maximum atomic E-state index is 7.62. The molecule has 0 aromatic carbocycles. The van der Waals surface area contributed by atoms with E-state index in [1.54, 1.807) is 6.08 Å². The summed E-state index contributed by atoms with van der Waals surface area (Å²) in [6.45, 7) is 6.89. The smallest absolute Gasteiger partial charge is 0.0662 e. The molecule has 0 heterocycles. The summed E-state index contributed by atoms with van der Waals surface area (Å²) in [5, 5.41) is 15.2. The van der Waals surface area contributed by atoms with Gasteiger partial charge >= 0.3 is 0 Å². The third kappa shape index (κ3) is 26.2. The van der Waals surface area contributed by atoms with Crippen LogP contribution < -0.4 is 0 Å². The van der Waals surface area contributed by atoms with Gasteiger partial charge in [0.1, 0.15) is 0 Å². The number of hydrogen-bond donors (Lipinski definition) is 2. The van der Waals surface area contributed by atoms with Crippen molar-refractivity contribution < 1.29 is 14.9 Å². The number of hydrogen-bond acceptors (Lipinski definition) is 3. The second kappa shape index (κ2) is 16.3. The van der Waals surface area contributed by atoms with E-state index in [1.807, 2.05) is 0 Å². The van der Waals surface area contributed by atoms with E-state index >= 15 is 0 Å². The molecule has 0 unspecified atom stereocenters. The monoisotopic (exact) mass is 162 g/mol. The van der Waals surface area contributed by atoms with Gasteiger partial charge < -0.3 is 14.9 Å². The van der Waals surface area contributed by atoms with Gasteiger partial charge in [0.2, 0.25) is 0 Å². The van der Waals surface area contributed by atoms with E-state index in [0.29, 0.717) is 6.61 Å². The van der Waals surface area contributed by atoms with E-state index in [0.717, 1.165) is 13.0 Å². The van der Waals surface area contributed by atoms with Crippen LogP contribution in [0.1, 0.15) is 13.3 Å². The fraction of sp³-hybridized carbons (Fsp3) is 0.750. The molecule has 3 nitrogen and oxygen atoms in total. The normalized spacial score (nSPS) is 8.27. The van der Waals surface area contributed by atoms with Crippen LogP contribution >= 0.6 is 0 Å². The SMILES string of the molecule is C=CCOCCC.OCCO. The van der Waals surface area contributed by atoms with Gasteiger partial charge in [-0.15, -0.1) is 6.58 Å². The fourth-order valence-corrected chi connectivity index (χ4v) is 0.311. The van der Waals surface area contributed by atoms with E-state index < -0.39 is 0 Å². The van der Waals surface area contributed by atoms with Crippen LogP contribution in [0.25, 0.3) is 0 Å². The highest BCUT2D eigenvalue weighted by Crippen LogP contribution is 1.77. The van der Waals surface area contributed by atoms with Crippen molar-refractivity contribution in [1.29, 1.82) is 0 Å². The molecule has 0 amide bonds. The Balaban J connectivity index is 0. The highest BCUT2D eigenvalue weighted by molar-refractivity contribution is 4.63. The molecule has 0 saturated carbocycles. The van der Waals surface area contributed by atoms with E-state index in [4.69, 9.17) is 14.9 Å². The van der Waals surface area contributed by atoms with Crippen LogP contribution in [0.4, 0.5) is 0 Å². The van der Waals surface area contributed by atoms with Crippen molar-refractivity contribution in [3.8, 4) is 0 Å². The van der Waals surface area contributed by atoms with Crippen LogP contribution in [0.15, 0.2) is 12.7 Å². The van der Waals surface area contributed by atoms with Gasteiger partial charge in [0, 0.05) is 6.61 Å². The highest BCUT2D eigenvalue weighted by atomic mass is 16.5. The summed E-state index contributed by atoms with van der Waals surface area (Å²) >= 11 is 0. The summed E-state index contributed by atoms with van der Waals surface area (Å²) in [4.78, 5) is 0. The number of rotatable bonds is 5. The topological polar surface area (TPSA) is 49.7 Å². The summed E-state index contributed by atoms with van der Waals surface area (Å²) in [5.41, 5.74) is 0. The van der Waals surface area contributed by atoms with Gasteiger partial charge in [0.25, 0.3) is 0 Å². The van der Waals surface area contributed by atoms with E-state index in [-0.39, 0.29) is 13.2 Å². The van der Waals surface area contributed by atoms with Crippen LogP contribution in [0.5, 0.6) is 0 Å². The lowest BCUT2D eigenvalue weighted by molar-refractivity contribution is 0.163. The average molecular weight is 162 g/mol. The Labute approximate surface area is 68.3 Å². The van der Waals surface area contributed by atoms with Crippen LogP contribution in [0.2, 0.25) is 0 Å². The van der Waals surface area contributed by atoms with Gasteiger partial charge in [-0.05, 0) is 6.42 Å². The molecular weight excluding hydrogens is 144 g/mol. The van der Waals surface area contributed by atoms with Gasteiger partial charge in [-0.3, -0.25) is 0 Å². The molecule has 0 aromatic heterocycles. The molecule has 0 spiro atoms. The zero-order valence-corrected chi connectivity index (χ0v) is 7.12. The van der Waals surface area contributed by atoms with Crippen LogP contribution in [-0.4, -0.2) is 36.6 Å². The predicted molar refractivity (Wildman–Crippen MR) is 45.5 cm³/mol. The quantitative estimate of drug-likeness (QED) is 0.459. The van der Waals surface area contributed by atoms with Gasteiger partial charge in [0.05, 0.1) is 19.8 Å². The van der Waals surface area contributed by atoms with Gasteiger partial charge in [-0.2, -0.15) is 0 Å². The van der Waals surface area contributed by atoms with E-state index in [9.17, 15) is 0 Å². The zero-order valence-electron chi connectivity index (χ0n) is 7.12. The molecule has 0 aromatic rings. The Morgan fingerprint density at radius 2 is 1.91 bits per heavy atom. The first-order valence-electron chi connectivity index (χ1n) is 3.73. The van der Waals surface area contributed by atoms with Crippen molar-refractivity contribution in [3.63, 3.8) is 0 Å². The maximum absolute atomic E-state index is 7.62. The summed E-state index contributed by atoms with van der Waals surface area (Å²) in [5.74, 6) is 0. The van der Waals surface area contributed by atoms with Gasteiger partial charge in [0.15, 0.2) is 0 Å². The third-order valence-corrected chi connectivity index (χ3v) is 0.684. The van der Waals surface area contributed by atoms with Crippen LogP contribution in [-0.2, 0) is 4.74 Å². The third-order valence-electron chi connectivity index (χ3n) is 0.684. The van der Waals surface area contributed by atoms with Crippen LogP contribution in [0, 0.1) is 0 Å². The second-order valence-electron chi connectivity index (χ2n) is 1.81. The lowest BCUT2D eigenvalue weighted by atomic mass is 10.5. The first-order valence-corrected chi connectivity index (χ1v) is 3.73. The lowest BCUT2D eigenvalue weighted by Gasteiger charge is -1.92. The van der Waals surface area contributed by atoms with Crippen molar-refractivity contribution in [3.05, 3.63) is 12.7 Å². The van der Waals surface area contributed by atoms with Crippen LogP contribution in [0.3, 0.4) is 0 Å². The van der Waals surface area contributed by atoms with Gasteiger partial charge in [-0.25, -0.2) is 0 Å². The molecule has 0 radical (unpaired) electrons. The van der Waals surface area contributed by atoms with E-state index in [2.05, 4.69) is 13.5 Å². The summed E-state index contributed by atoms with van der Waals surface area (Å²) in [6, 6.07) is 0. The predicted octanol–water partition coefficient (Wildman–Crippen LogP) is 0.570. The molecule has 68 valence electrons. The summed E-state index contributed by atoms with van der Waals surface area (Å²) in [7, 11) is 0. The summed E-state index contributed by atoms with van der Waals surface area (Å²) in [6.07, 6.45) is 2.85. The number of aliphatic hydroxyl groups is 2. The zero-order chi connectivity index (χ0) is 8.95. The van der Waals surface area contributed by atoms with Crippen molar-refractivity contribution >= 4 is 0 Å². The standard InChI is InChI=1S/C6H12O.C2H6O2/c1-3-5-7-6-4-2;3-1-2-4/h3H,1,4-6H2,2H3;3-4H,1-2H2. The molecule has 0 aliphatic carbocycles. The molecule has 0 saturated heterocycles. The Morgan fingerprint density at radius 1 is 1.36 bits per heavy atom. The molecular formula is C8H18O3. The number of aliphatic hydroxyl groups excluding tert-OH is 2. The molecule has 0 atom stereocenters. The van der Waals surface area contributed by atoms with Crippen molar-refractivity contribution in [2.45, 2.75) is 13.3 Å². The lowest BCUT2D eigenvalue weighted by Crippen LogP contribution is -1.90. The molecule has 0 aliphatic heterocycles. The van der Waals surface area contributed by atoms with Crippen molar-refractivity contribution in [2.75, 3.05) is 26.4 Å². The first kappa shape index (κ1) is 13.2. The number of ether oxygens (including phenoxy) is 1. The average Bonchev–Trinajstić information content (AvgIpc) is 2.06. The highest BCUT2D eigenvalue weighted by Gasteiger charge is 1.74. The Kier molecular flexibility index (Phi) is 19.6. The Bertz CT molecular complexity index is 62.4. The minimum atomic E-state index is -0.125. The molecule has 0 aliphatic rings. The fourth-order valence-electron chi connectivity index (χ4n) is 0.311. The molecule has 11 heavy (non-hydrogen) atoms. The second-order valence-corrected chi connectivity index (χ2v) is 1.81. The van der Waals surface area contributed by atoms with E-state index in [1.165, 1.54) is 0 Å². The minimum absolute atomic E-state index is 0.125. The molecule has 2 N–H and O–H groups in total. The molecule has 3 heteroatoms. The Morgan fingerprint density at radius 3 is 2.18 bits per heavy atom. The molecule has 0 rings (SSSR count). The van der Waals surface area contributed by atoms with Crippen molar-refractivity contribution in [2.24, 2.45) is 0 Å².